The molecular formula is C16H26N2O3. The average Bonchev–Trinajstić information content (AvgIpc) is 2.48. The van der Waals surface area contributed by atoms with Crippen LogP contribution in [0.1, 0.15) is 29.3 Å². The van der Waals surface area contributed by atoms with Gasteiger partial charge in [-0.05, 0) is 37.1 Å². The molecule has 5 heteroatoms. The van der Waals surface area contributed by atoms with E-state index >= 15 is 0 Å². The van der Waals surface area contributed by atoms with Gasteiger partial charge >= 0.3 is 0 Å². The van der Waals surface area contributed by atoms with Crippen molar-refractivity contribution in [1.29, 1.82) is 0 Å². The minimum absolute atomic E-state index is 0.0649. The number of carbonyl (C=O) groups excluding carboxylic acids is 1. The van der Waals surface area contributed by atoms with E-state index < -0.39 is 0 Å². The standard InChI is InChI=1S/C16H26N2O3/c1-4-7-17-14-5-6-15(13(2)12-14)16(19)18-8-9-21-11-10-20-3/h5-6,12,17H,4,7-11H2,1-3H3,(H,18,19). The van der Waals surface area contributed by atoms with Crippen molar-refractivity contribution in [1.82, 2.24) is 5.32 Å². The molecule has 2 N–H and O–H groups in total. The minimum atomic E-state index is -0.0649. The number of aryl methyl sites for hydroxylation is 1. The summed E-state index contributed by atoms with van der Waals surface area (Å²) in [5.74, 6) is -0.0649. The van der Waals surface area contributed by atoms with E-state index in [1.807, 2.05) is 25.1 Å². The summed E-state index contributed by atoms with van der Waals surface area (Å²) >= 11 is 0. The highest BCUT2D eigenvalue weighted by atomic mass is 16.5. The molecule has 0 bridgehead atoms. The van der Waals surface area contributed by atoms with Gasteiger partial charge in [0.2, 0.25) is 0 Å². The summed E-state index contributed by atoms with van der Waals surface area (Å²) in [6.07, 6.45) is 1.07. The fourth-order valence-electron chi connectivity index (χ4n) is 1.87. The van der Waals surface area contributed by atoms with Gasteiger partial charge in [-0.15, -0.1) is 0 Å². The predicted molar refractivity (Wildman–Crippen MR) is 85.0 cm³/mol. The summed E-state index contributed by atoms with van der Waals surface area (Å²) in [6, 6.07) is 5.79. The number of anilines is 1. The lowest BCUT2D eigenvalue weighted by atomic mass is 10.1. The van der Waals surface area contributed by atoms with Crippen molar-refractivity contribution in [2.24, 2.45) is 0 Å². The molecule has 0 spiro atoms. The first kappa shape index (κ1) is 17.5. The van der Waals surface area contributed by atoms with E-state index in [-0.39, 0.29) is 5.91 Å². The Morgan fingerprint density at radius 3 is 2.67 bits per heavy atom. The second-order valence-electron chi connectivity index (χ2n) is 4.82. The van der Waals surface area contributed by atoms with Crippen LogP contribution in [0.2, 0.25) is 0 Å². The first-order valence-corrected chi connectivity index (χ1v) is 7.38. The zero-order chi connectivity index (χ0) is 15.5. The Labute approximate surface area is 127 Å². The number of methoxy groups -OCH3 is 1. The van der Waals surface area contributed by atoms with Crippen molar-refractivity contribution in [2.75, 3.05) is 45.3 Å². The van der Waals surface area contributed by atoms with Crippen molar-refractivity contribution in [3.63, 3.8) is 0 Å². The molecule has 1 aromatic carbocycles. The number of benzene rings is 1. The number of amides is 1. The Morgan fingerprint density at radius 1 is 1.19 bits per heavy atom. The monoisotopic (exact) mass is 294 g/mol. The zero-order valence-electron chi connectivity index (χ0n) is 13.2. The maximum Gasteiger partial charge on any atom is 0.251 e. The van der Waals surface area contributed by atoms with Gasteiger partial charge < -0.3 is 20.1 Å². The third-order valence-electron chi connectivity index (χ3n) is 3.01. The fraction of sp³-hybridized carbons (Fsp3) is 0.562. The van der Waals surface area contributed by atoms with Crippen LogP contribution in [-0.2, 0) is 9.47 Å². The number of hydrogen-bond donors (Lipinski definition) is 2. The zero-order valence-corrected chi connectivity index (χ0v) is 13.2. The third kappa shape index (κ3) is 6.60. The van der Waals surface area contributed by atoms with E-state index in [0.29, 0.717) is 31.9 Å². The van der Waals surface area contributed by atoms with Gasteiger partial charge in [-0.1, -0.05) is 6.92 Å². The highest BCUT2D eigenvalue weighted by Gasteiger charge is 2.08. The van der Waals surface area contributed by atoms with Crippen LogP contribution in [0, 0.1) is 6.92 Å². The molecule has 0 fully saturated rings. The van der Waals surface area contributed by atoms with Crippen molar-refractivity contribution >= 4 is 11.6 Å². The largest absolute Gasteiger partial charge is 0.385 e. The van der Waals surface area contributed by atoms with Crippen LogP contribution in [0.25, 0.3) is 0 Å². The molecule has 0 unspecified atom stereocenters. The highest BCUT2D eigenvalue weighted by molar-refractivity contribution is 5.96. The maximum absolute atomic E-state index is 12.1. The molecule has 0 aromatic heterocycles. The van der Waals surface area contributed by atoms with Gasteiger partial charge in [0.25, 0.3) is 5.91 Å². The van der Waals surface area contributed by atoms with Gasteiger partial charge in [0.15, 0.2) is 0 Å². The normalized spacial score (nSPS) is 10.4. The Bertz CT molecular complexity index is 436. The Morgan fingerprint density at radius 2 is 2.00 bits per heavy atom. The predicted octanol–water partition coefficient (Wildman–Crippen LogP) is 2.21. The Balaban J connectivity index is 2.39. The first-order valence-electron chi connectivity index (χ1n) is 7.38. The smallest absolute Gasteiger partial charge is 0.251 e. The second kappa shape index (κ2) is 10.2. The molecule has 0 heterocycles. The lowest BCUT2D eigenvalue weighted by Crippen LogP contribution is -2.28. The van der Waals surface area contributed by atoms with E-state index in [2.05, 4.69) is 17.6 Å². The third-order valence-corrected chi connectivity index (χ3v) is 3.01. The van der Waals surface area contributed by atoms with Crippen molar-refractivity contribution in [3.8, 4) is 0 Å². The van der Waals surface area contributed by atoms with Gasteiger partial charge in [0.1, 0.15) is 0 Å². The lowest BCUT2D eigenvalue weighted by molar-refractivity contribution is 0.0692. The van der Waals surface area contributed by atoms with Gasteiger partial charge in [-0.3, -0.25) is 4.79 Å². The highest BCUT2D eigenvalue weighted by Crippen LogP contribution is 2.15. The van der Waals surface area contributed by atoms with Gasteiger partial charge in [0, 0.05) is 31.5 Å². The minimum Gasteiger partial charge on any atom is -0.385 e. The first-order chi connectivity index (χ1) is 10.2. The second-order valence-corrected chi connectivity index (χ2v) is 4.82. The topological polar surface area (TPSA) is 59.6 Å². The van der Waals surface area contributed by atoms with Crippen LogP contribution >= 0.6 is 0 Å². The summed E-state index contributed by atoms with van der Waals surface area (Å²) in [7, 11) is 1.63. The number of rotatable bonds is 10. The molecule has 1 rings (SSSR count). The molecule has 0 saturated carbocycles. The molecule has 0 aliphatic heterocycles. The molecule has 118 valence electrons. The SMILES string of the molecule is CCCNc1ccc(C(=O)NCCOCCOC)c(C)c1. The van der Waals surface area contributed by atoms with Gasteiger partial charge in [-0.2, -0.15) is 0 Å². The van der Waals surface area contributed by atoms with Crippen LogP contribution in [-0.4, -0.2) is 45.9 Å². The molecule has 0 aliphatic carbocycles. The van der Waals surface area contributed by atoms with E-state index in [1.165, 1.54) is 0 Å². The Kier molecular flexibility index (Phi) is 8.47. The average molecular weight is 294 g/mol. The molecule has 0 aliphatic rings. The molecule has 0 saturated heterocycles. The summed E-state index contributed by atoms with van der Waals surface area (Å²) in [4.78, 5) is 12.1. The molecular weight excluding hydrogens is 268 g/mol. The number of ether oxygens (including phenoxy) is 2. The summed E-state index contributed by atoms with van der Waals surface area (Å²) in [6.45, 7) is 7.10. The van der Waals surface area contributed by atoms with Crippen molar-refractivity contribution in [2.45, 2.75) is 20.3 Å². The number of hydrogen-bond acceptors (Lipinski definition) is 4. The summed E-state index contributed by atoms with van der Waals surface area (Å²) in [5, 5.41) is 6.16. The quantitative estimate of drug-likeness (QED) is 0.650. The molecule has 0 radical (unpaired) electrons. The van der Waals surface area contributed by atoms with Crippen LogP contribution in [0.15, 0.2) is 18.2 Å². The van der Waals surface area contributed by atoms with Gasteiger partial charge in [-0.25, -0.2) is 0 Å². The van der Waals surface area contributed by atoms with E-state index in [0.717, 1.165) is 24.2 Å². The van der Waals surface area contributed by atoms with Crippen molar-refractivity contribution < 1.29 is 14.3 Å². The summed E-state index contributed by atoms with van der Waals surface area (Å²) in [5.41, 5.74) is 2.72. The van der Waals surface area contributed by atoms with Crippen LogP contribution in [0.3, 0.4) is 0 Å². The maximum atomic E-state index is 12.1. The fourth-order valence-corrected chi connectivity index (χ4v) is 1.87. The molecule has 1 amide bonds. The van der Waals surface area contributed by atoms with Crippen LogP contribution < -0.4 is 10.6 Å². The molecule has 5 nitrogen and oxygen atoms in total. The van der Waals surface area contributed by atoms with E-state index in [9.17, 15) is 4.79 Å². The molecule has 0 atom stereocenters. The molecule has 21 heavy (non-hydrogen) atoms. The number of carbonyl (C=O) groups is 1. The van der Waals surface area contributed by atoms with Crippen LogP contribution in [0.5, 0.6) is 0 Å². The van der Waals surface area contributed by atoms with Crippen molar-refractivity contribution in [3.05, 3.63) is 29.3 Å². The lowest BCUT2D eigenvalue weighted by Gasteiger charge is -2.11. The van der Waals surface area contributed by atoms with E-state index in [4.69, 9.17) is 9.47 Å². The molecule has 1 aromatic rings. The Hall–Kier alpha value is -1.59. The summed E-state index contributed by atoms with van der Waals surface area (Å²) < 4.78 is 10.2. The van der Waals surface area contributed by atoms with Gasteiger partial charge in [0.05, 0.1) is 19.8 Å². The number of nitrogens with one attached hydrogen (secondary N) is 2. The van der Waals surface area contributed by atoms with E-state index in [1.54, 1.807) is 7.11 Å². The van der Waals surface area contributed by atoms with Crippen LogP contribution in [0.4, 0.5) is 5.69 Å².